The molecule has 4 rings (SSSR count). The number of halogens is 3. The van der Waals surface area contributed by atoms with Crippen LogP contribution in [-0.2, 0) is 6.18 Å². The molecule has 9 heteroatoms. The molecule has 31 heavy (non-hydrogen) atoms. The first-order chi connectivity index (χ1) is 14.7. The minimum Gasteiger partial charge on any atom is -0.377 e. The fourth-order valence-corrected chi connectivity index (χ4v) is 3.26. The first-order valence-electron chi connectivity index (χ1n) is 9.40. The van der Waals surface area contributed by atoms with E-state index in [0.29, 0.717) is 11.4 Å². The summed E-state index contributed by atoms with van der Waals surface area (Å²) in [5.41, 5.74) is 8.61. The molecule has 1 unspecified atom stereocenters. The molecule has 0 saturated heterocycles. The predicted molar refractivity (Wildman–Crippen MR) is 112 cm³/mol. The molecule has 1 aliphatic heterocycles. The maximum absolute atomic E-state index is 12.6. The van der Waals surface area contributed by atoms with E-state index in [-0.39, 0.29) is 5.69 Å². The smallest absolute Gasteiger partial charge is 0.377 e. The van der Waals surface area contributed by atoms with E-state index < -0.39 is 23.9 Å². The maximum Gasteiger partial charge on any atom is 0.416 e. The lowest BCUT2D eigenvalue weighted by Crippen LogP contribution is -2.31. The number of carbonyl (C=O) groups excluding carboxylic acids is 1. The van der Waals surface area contributed by atoms with Gasteiger partial charge in [0, 0.05) is 16.9 Å². The second kappa shape index (κ2) is 7.84. The summed E-state index contributed by atoms with van der Waals surface area (Å²) < 4.78 is 37.9. The molecular weight excluding hydrogens is 409 g/mol. The number of rotatable bonds is 3. The van der Waals surface area contributed by atoms with Crippen LogP contribution in [0.2, 0.25) is 0 Å². The van der Waals surface area contributed by atoms with Crippen LogP contribution in [0, 0.1) is 6.92 Å². The first kappa shape index (κ1) is 20.5. The summed E-state index contributed by atoms with van der Waals surface area (Å²) in [6.07, 6.45) is -4.89. The van der Waals surface area contributed by atoms with Crippen LogP contribution in [0.5, 0.6) is 5.75 Å². The quantitative estimate of drug-likeness (QED) is 0.520. The van der Waals surface area contributed by atoms with E-state index in [1.807, 2.05) is 37.3 Å². The van der Waals surface area contributed by atoms with Crippen molar-refractivity contribution in [3.63, 3.8) is 0 Å². The number of aryl methyl sites for hydroxylation is 1. The number of urea groups is 1. The summed E-state index contributed by atoms with van der Waals surface area (Å²) in [5, 5.41) is 6.79. The zero-order chi connectivity index (χ0) is 22.2. The van der Waals surface area contributed by atoms with Crippen LogP contribution < -0.4 is 26.3 Å². The van der Waals surface area contributed by atoms with Gasteiger partial charge < -0.3 is 21.2 Å². The third kappa shape index (κ3) is 4.26. The number of carbonyl (C=O) groups is 1. The van der Waals surface area contributed by atoms with Gasteiger partial charge in [0.05, 0.1) is 11.3 Å². The summed E-state index contributed by atoms with van der Waals surface area (Å²) in [5.74, 6) is 0.686. The highest BCUT2D eigenvalue weighted by Crippen LogP contribution is 2.38. The molecule has 4 N–H and O–H groups in total. The van der Waals surface area contributed by atoms with E-state index in [4.69, 9.17) is 10.6 Å². The SMILES string of the molecule is Cc1cc(N2Oc3ccccc3C2N)ccc1NC(=O)Nc1ccc(C(F)(F)F)cc1. The Morgan fingerprint density at radius 3 is 2.39 bits per heavy atom. The lowest BCUT2D eigenvalue weighted by molar-refractivity contribution is -0.137. The molecule has 0 aromatic heterocycles. The molecular formula is C22H19F3N4O2. The molecule has 0 radical (unpaired) electrons. The highest BCUT2D eigenvalue weighted by molar-refractivity contribution is 6.00. The van der Waals surface area contributed by atoms with E-state index in [0.717, 1.165) is 28.9 Å². The lowest BCUT2D eigenvalue weighted by Gasteiger charge is -2.22. The van der Waals surface area contributed by atoms with Gasteiger partial charge in [-0.1, -0.05) is 18.2 Å². The third-order valence-corrected chi connectivity index (χ3v) is 4.87. The van der Waals surface area contributed by atoms with E-state index in [1.54, 1.807) is 17.2 Å². The fraction of sp³-hybridized carbons (Fsp3) is 0.136. The number of hydrogen-bond donors (Lipinski definition) is 3. The van der Waals surface area contributed by atoms with E-state index in [1.165, 1.54) is 12.1 Å². The largest absolute Gasteiger partial charge is 0.416 e. The standard InChI is InChI=1S/C22H19F3N4O2/c1-13-12-16(29-20(26)17-4-2-3-5-19(17)31-29)10-11-18(13)28-21(30)27-15-8-6-14(7-9-15)22(23,24)25/h2-12,20H,26H2,1H3,(H2,27,28,30). The molecule has 0 bridgehead atoms. The van der Waals surface area contributed by atoms with Crippen molar-refractivity contribution in [3.05, 3.63) is 83.4 Å². The van der Waals surface area contributed by atoms with Crippen LogP contribution in [0.1, 0.15) is 22.9 Å². The Bertz CT molecular complexity index is 1120. The minimum atomic E-state index is -4.43. The van der Waals surface area contributed by atoms with E-state index in [2.05, 4.69) is 10.6 Å². The van der Waals surface area contributed by atoms with Crippen LogP contribution in [0.15, 0.2) is 66.7 Å². The molecule has 2 amide bonds. The Balaban J connectivity index is 1.42. The number of alkyl halides is 3. The van der Waals surface area contributed by atoms with Crippen molar-refractivity contribution in [2.75, 3.05) is 15.7 Å². The average molecular weight is 428 g/mol. The van der Waals surface area contributed by atoms with Gasteiger partial charge in [-0.15, -0.1) is 0 Å². The predicted octanol–water partition coefficient (Wildman–Crippen LogP) is 5.43. The summed E-state index contributed by atoms with van der Waals surface area (Å²) in [4.78, 5) is 18.1. The number of fused-ring (bicyclic) bond motifs is 1. The molecule has 1 atom stereocenters. The Labute approximate surface area is 176 Å². The normalized spacial score (nSPS) is 15.3. The number of hydroxylamine groups is 1. The van der Waals surface area contributed by atoms with Gasteiger partial charge in [-0.3, -0.25) is 0 Å². The number of hydrogen-bond acceptors (Lipinski definition) is 4. The molecule has 3 aromatic rings. The van der Waals surface area contributed by atoms with Gasteiger partial charge in [0.15, 0.2) is 5.75 Å². The Morgan fingerprint density at radius 1 is 1.03 bits per heavy atom. The minimum absolute atomic E-state index is 0.244. The van der Waals surface area contributed by atoms with Crippen LogP contribution in [0.25, 0.3) is 0 Å². The molecule has 0 fully saturated rings. The maximum atomic E-state index is 12.6. The number of nitrogens with two attached hydrogens (primary N) is 1. The second-order valence-corrected chi connectivity index (χ2v) is 7.05. The summed E-state index contributed by atoms with van der Waals surface area (Å²) >= 11 is 0. The van der Waals surface area contributed by atoms with Crippen molar-refractivity contribution in [2.24, 2.45) is 5.73 Å². The highest BCUT2D eigenvalue weighted by atomic mass is 19.4. The third-order valence-electron chi connectivity index (χ3n) is 4.87. The molecule has 0 aliphatic carbocycles. The zero-order valence-electron chi connectivity index (χ0n) is 16.4. The number of nitrogens with one attached hydrogen (secondary N) is 2. The van der Waals surface area contributed by atoms with Gasteiger partial charge in [0.1, 0.15) is 6.17 Å². The Kier molecular flexibility index (Phi) is 5.20. The number of anilines is 3. The average Bonchev–Trinajstić information content (AvgIpc) is 3.06. The van der Waals surface area contributed by atoms with Crippen molar-refractivity contribution >= 4 is 23.1 Å². The number of nitrogens with zero attached hydrogens (tertiary/aromatic N) is 1. The molecule has 160 valence electrons. The Morgan fingerprint density at radius 2 is 1.74 bits per heavy atom. The first-order valence-corrected chi connectivity index (χ1v) is 9.40. The molecule has 1 heterocycles. The van der Waals surface area contributed by atoms with Gasteiger partial charge >= 0.3 is 12.2 Å². The summed E-state index contributed by atoms with van der Waals surface area (Å²) in [6.45, 7) is 1.81. The molecule has 1 aliphatic rings. The fourth-order valence-electron chi connectivity index (χ4n) is 3.26. The van der Waals surface area contributed by atoms with Gasteiger partial charge in [-0.05, 0) is 61.0 Å². The zero-order valence-corrected chi connectivity index (χ0v) is 16.4. The van der Waals surface area contributed by atoms with E-state index >= 15 is 0 Å². The van der Waals surface area contributed by atoms with Gasteiger partial charge in [-0.25, -0.2) is 4.79 Å². The van der Waals surface area contributed by atoms with Gasteiger partial charge in [0.2, 0.25) is 0 Å². The van der Waals surface area contributed by atoms with Crippen molar-refractivity contribution < 1.29 is 22.8 Å². The molecule has 6 nitrogen and oxygen atoms in total. The van der Waals surface area contributed by atoms with Crippen LogP contribution in [0.4, 0.5) is 35.0 Å². The number of amides is 2. The van der Waals surface area contributed by atoms with Crippen LogP contribution >= 0.6 is 0 Å². The van der Waals surface area contributed by atoms with Crippen molar-refractivity contribution in [1.82, 2.24) is 0 Å². The monoisotopic (exact) mass is 428 g/mol. The highest BCUT2D eigenvalue weighted by Gasteiger charge is 2.31. The van der Waals surface area contributed by atoms with Gasteiger partial charge in [0.25, 0.3) is 0 Å². The van der Waals surface area contributed by atoms with Crippen molar-refractivity contribution in [2.45, 2.75) is 19.3 Å². The summed E-state index contributed by atoms with van der Waals surface area (Å²) in [7, 11) is 0. The van der Waals surface area contributed by atoms with Crippen LogP contribution in [-0.4, -0.2) is 6.03 Å². The topological polar surface area (TPSA) is 79.6 Å². The molecule has 3 aromatic carbocycles. The van der Waals surface area contributed by atoms with E-state index in [9.17, 15) is 18.0 Å². The number of benzene rings is 3. The lowest BCUT2D eigenvalue weighted by atomic mass is 10.1. The summed E-state index contributed by atoms with van der Waals surface area (Å²) in [6, 6.07) is 16.4. The number of para-hydroxylation sites is 1. The van der Waals surface area contributed by atoms with Crippen LogP contribution in [0.3, 0.4) is 0 Å². The molecule has 0 spiro atoms. The Hall–Kier alpha value is -3.72. The van der Waals surface area contributed by atoms with Gasteiger partial charge in [-0.2, -0.15) is 18.2 Å². The molecule has 0 saturated carbocycles. The second-order valence-electron chi connectivity index (χ2n) is 7.05. The van der Waals surface area contributed by atoms with Crippen molar-refractivity contribution in [3.8, 4) is 5.75 Å². The van der Waals surface area contributed by atoms with Crippen molar-refractivity contribution in [1.29, 1.82) is 0 Å².